The summed E-state index contributed by atoms with van der Waals surface area (Å²) in [6.45, 7) is 7.48. The Morgan fingerprint density at radius 3 is 2.32 bits per heavy atom. The van der Waals surface area contributed by atoms with Gasteiger partial charge in [0.2, 0.25) is 0 Å². The molecule has 0 unspecified atom stereocenters. The lowest BCUT2D eigenvalue weighted by Crippen LogP contribution is -2.27. The number of thioether (sulfide) groups is 1. The molecule has 5 rings (SSSR count). The molecule has 0 aliphatic carbocycles. The van der Waals surface area contributed by atoms with E-state index in [1.807, 2.05) is 60.7 Å². The molecule has 1 aliphatic rings. The highest BCUT2D eigenvalue weighted by Crippen LogP contribution is 2.36. The molecule has 7 heteroatoms. The molecule has 0 radical (unpaired) electrons. The third-order valence-corrected chi connectivity index (χ3v) is 7.80. The van der Waals surface area contributed by atoms with Gasteiger partial charge in [0.15, 0.2) is 11.5 Å². The lowest BCUT2D eigenvalue weighted by molar-refractivity contribution is -0.123. The number of ether oxygens (including phenoxy) is 3. The van der Waals surface area contributed by atoms with Crippen molar-refractivity contribution in [3.8, 4) is 17.2 Å². The van der Waals surface area contributed by atoms with Crippen molar-refractivity contribution >= 4 is 39.8 Å². The highest BCUT2D eigenvalue weighted by Gasteiger charge is 2.35. The first kappa shape index (κ1) is 28.3. The van der Waals surface area contributed by atoms with Crippen molar-refractivity contribution in [2.24, 2.45) is 0 Å². The van der Waals surface area contributed by atoms with Crippen LogP contribution in [0, 0.1) is 0 Å². The number of rotatable bonds is 9. The molecule has 1 heterocycles. The van der Waals surface area contributed by atoms with Crippen molar-refractivity contribution in [1.82, 2.24) is 4.90 Å². The van der Waals surface area contributed by atoms with Gasteiger partial charge >= 0.3 is 0 Å². The third kappa shape index (κ3) is 6.57. The number of amides is 2. The van der Waals surface area contributed by atoms with Gasteiger partial charge in [-0.3, -0.25) is 14.5 Å². The van der Waals surface area contributed by atoms with Crippen LogP contribution in [0.2, 0.25) is 0 Å². The minimum Gasteiger partial charge on any atom is -0.493 e. The van der Waals surface area contributed by atoms with E-state index >= 15 is 0 Å². The van der Waals surface area contributed by atoms with Crippen LogP contribution in [-0.4, -0.2) is 36.4 Å². The normalized spacial score (nSPS) is 14.6. The second-order valence-electron chi connectivity index (χ2n) is 10.8. The molecule has 6 nitrogen and oxygen atoms in total. The SMILES string of the molecule is COc1cc(/C=C2\SC(=O)N(Cc3cccc4ccccc34)C2=O)ccc1OCCOc1ccc(C(C)(C)C)cc1. The zero-order chi connectivity index (χ0) is 29.0. The molecule has 0 atom stereocenters. The molecule has 41 heavy (non-hydrogen) atoms. The standard InChI is InChI=1S/C34H33NO5S/c1-34(2,3)26-13-15-27(16-14-26)39-18-19-40-29-17-12-23(20-30(29)38-4)21-31-32(36)35(33(37)41-31)22-25-10-7-9-24-8-5-6-11-28(24)25/h5-17,20-21H,18-19,22H2,1-4H3/b31-21-. The largest absolute Gasteiger partial charge is 0.493 e. The zero-order valence-corrected chi connectivity index (χ0v) is 24.5. The first-order valence-corrected chi connectivity index (χ1v) is 14.3. The number of benzene rings is 4. The van der Waals surface area contributed by atoms with E-state index in [1.165, 1.54) is 10.5 Å². The minimum atomic E-state index is -0.306. The van der Waals surface area contributed by atoms with Gasteiger partial charge in [-0.2, -0.15) is 0 Å². The monoisotopic (exact) mass is 567 g/mol. The maximum Gasteiger partial charge on any atom is 0.293 e. The topological polar surface area (TPSA) is 65.1 Å². The van der Waals surface area contributed by atoms with Crippen LogP contribution in [0.5, 0.6) is 17.2 Å². The van der Waals surface area contributed by atoms with Gasteiger partial charge in [-0.05, 0) is 75.0 Å². The second-order valence-corrected chi connectivity index (χ2v) is 11.8. The zero-order valence-electron chi connectivity index (χ0n) is 23.7. The summed E-state index contributed by atoms with van der Waals surface area (Å²) in [6.07, 6.45) is 1.71. The molecular weight excluding hydrogens is 534 g/mol. The van der Waals surface area contributed by atoms with Gasteiger partial charge < -0.3 is 14.2 Å². The van der Waals surface area contributed by atoms with Gasteiger partial charge in [0, 0.05) is 0 Å². The summed E-state index contributed by atoms with van der Waals surface area (Å²) >= 11 is 0.946. The summed E-state index contributed by atoms with van der Waals surface area (Å²) in [5, 5.41) is 1.82. The Hall–Kier alpha value is -4.23. The number of carbonyl (C=O) groups excluding carboxylic acids is 2. The fourth-order valence-electron chi connectivity index (χ4n) is 4.64. The van der Waals surface area contributed by atoms with Gasteiger partial charge in [0.25, 0.3) is 11.1 Å². The second kappa shape index (κ2) is 12.1. The van der Waals surface area contributed by atoms with E-state index in [1.54, 1.807) is 25.3 Å². The molecule has 0 spiro atoms. The van der Waals surface area contributed by atoms with Crippen molar-refractivity contribution in [3.63, 3.8) is 0 Å². The molecule has 0 N–H and O–H groups in total. The fraction of sp³-hybridized carbons (Fsp3) is 0.235. The van der Waals surface area contributed by atoms with Crippen LogP contribution in [0.1, 0.15) is 37.5 Å². The molecule has 210 valence electrons. The molecule has 0 bridgehead atoms. The number of methoxy groups -OCH3 is 1. The highest BCUT2D eigenvalue weighted by molar-refractivity contribution is 8.18. The lowest BCUT2D eigenvalue weighted by Gasteiger charge is -2.19. The Bertz CT molecular complexity index is 1600. The number of fused-ring (bicyclic) bond motifs is 1. The van der Waals surface area contributed by atoms with E-state index in [-0.39, 0.29) is 23.1 Å². The summed E-state index contributed by atoms with van der Waals surface area (Å²) < 4.78 is 17.3. The molecule has 2 amide bonds. The molecule has 1 aliphatic heterocycles. The Morgan fingerprint density at radius 2 is 1.56 bits per heavy atom. The maximum atomic E-state index is 13.2. The first-order chi connectivity index (χ1) is 19.7. The highest BCUT2D eigenvalue weighted by atomic mass is 32.2. The van der Waals surface area contributed by atoms with E-state index in [4.69, 9.17) is 14.2 Å². The maximum absolute atomic E-state index is 13.2. The molecular formula is C34H33NO5S. The third-order valence-electron chi connectivity index (χ3n) is 6.90. The summed E-state index contributed by atoms with van der Waals surface area (Å²) in [7, 11) is 1.57. The van der Waals surface area contributed by atoms with Crippen LogP contribution in [0.15, 0.2) is 89.8 Å². The molecule has 4 aromatic carbocycles. The Labute approximate surface area is 244 Å². The number of carbonyl (C=O) groups is 2. The van der Waals surface area contributed by atoms with E-state index in [2.05, 4.69) is 32.9 Å². The smallest absolute Gasteiger partial charge is 0.293 e. The average molecular weight is 568 g/mol. The molecule has 1 fully saturated rings. The van der Waals surface area contributed by atoms with Crippen molar-refractivity contribution < 1.29 is 23.8 Å². The Kier molecular flexibility index (Phi) is 8.36. The van der Waals surface area contributed by atoms with Crippen molar-refractivity contribution in [3.05, 3.63) is 107 Å². The quantitative estimate of drug-likeness (QED) is 0.152. The predicted octanol–water partition coefficient (Wildman–Crippen LogP) is 7.84. The summed E-state index contributed by atoms with van der Waals surface area (Å²) in [4.78, 5) is 27.6. The van der Waals surface area contributed by atoms with Gasteiger partial charge in [-0.25, -0.2) is 0 Å². The predicted molar refractivity (Wildman–Crippen MR) is 165 cm³/mol. The molecule has 1 saturated heterocycles. The number of hydrogen-bond donors (Lipinski definition) is 0. The van der Waals surface area contributed by atoms with Gasteiger partial charge in [0.1, 0.15) is 19.0 Å². The molecule has 4 aromatic rings. The Balaban J connectivity index is 1.21. The van der Waals surface area contributed by atoms with E-state index in [9.17, 15) is 9.59 Å². The summed E-state index contributed by atoms with van der Waals surface area (Å²) in [5.41, 5.74) is 3.01. The Morgan fingerprint density at radius 1 is 0.829 bits per heavy atom. The van der Waals surface area contributed by atoms with Crippen LogP contribution in [-0.2, 0) is 16.8 Å². The van der Waals surface area contributed by atoms with Crippen LogP contribution in [0.3, 0.4) is 0 Å². The van der Waals surface area contributed by atoms with E-state index in [0.29, 0.717) is 29.6 Å². The van der Waals surface area contributed by atoms with Crippen LogP contribution in [0.25, 0.3) is 16.8 Å². The number of imide groups is 1. The average Bonchev–Trinajstić information content (AvgIpc) is 3.23. The first-order valence-electron chi connectivity index (χ1n) is 13.5. The van der Waals surface area contributed by atoms with Crippen molar-refractivity contribution in [2.75, 3.05) is 20.3 Å². The van der Waals surface area contributed by atoms with E-state index in [0.717, 1.165) is 39.4 Å². The summed E-state index contributed by atoms with van der Waals surface area (Å²) in [6, 6.07) is 27.4. The minimum absolute atomic E-state index is 0.0937. The van der Waals surface area contributed by atoms with Crippen LogP contribution in [0.4, 0.5) is 4.79 Å². The molecule has 0 saturated carbocycles. The van der Waals surface area contributed by atoms with Crippen LogP contribution >= 0.6 is 11.8 Å². The number of hydrogen-bond acceptors (Lipinski definition) is 6. The van der Waals surface area contributed by atoms with Crippen molar-refractivity contribution in [2.45, 2.75) is 32.7 Å². The van der Waals surface area contributed by atoms with E-state index < -0.39 is 0 Å². The fourth-order valence-corrected chi connectivity index (χ4v) is 5.48. The van der Waals surface area contributed by atoms with Crippen molar-refractivity contribution in [1.29, 1.82) is 0 Å². The number of nitrogens with zero attached hydrogens (tertiary/aromatic N) is 1. The van der Waals surface area contributed by atoms with Gasteiger partial charge in [-0.15, -0.1) is 0 Å². The summed E-state index contributed by atoms with van der Waals surface area (Å²) in [5.74, 6) is 1.59. The van der Waals surface area contributed by atoms with Crippen LogP contribution < -0.4 is 14.2 Å². The van der Waals surface area contributed by atoms with Gasteiger partial charge in [-0.1, -0.05) is 81.4 Å². The van der Waals surface area contributed by atoms with Gasteiger partial charge in [0.05, 0.1) is 18.6 Å². The molecule has 0 aromatic heterocycles. The lowest BCUT2D eigenvalue weighted by atomic mass is 9.87.